The smallest absolute Gasteiger partial charge is 0.245 e. The van der Waals surface area contributed by atoms with Gasteiger partial charge in [0.15, 0.2) is 0 Å². The van der Waals surface area contributed by atoms with Crippen molar-refractivity contribution in [2.75, 3.05) is 14.2 Å². The van der Waals surface area contributed by atoms with Crippen LogP contribution in [0.5, 0.6) is 11.5 Å². The van der Waals surface area contributed by atoms with Gasteiger partial charge in [-0.3, -0.25) is 14.8 Å². The van der Waals surface area contributed by atoms with E-state index in [-0.39, 0.29) is 17.9 Å². The lowest BCUT2D eigenvalue weighted by Gasteiger charge is -2.23. The lowest BCUT2D eigenvalue weighted by molar-refractivity contribution is -0.136. The van der Waals surface area contributed by atoms with Crippen LogP contribution in [-0.4, -0.2) is 40.8 Å². The molecule has 1 aliphatic heterocycles. The van der Waals surface area contributed by atoms with Crippen molar-refractivity contribution in [1.29, 1.82) is 0 Å². The van der Waals surface area contributed by atoms with E-state index in [2.05, 4.69) is 9.97 Å². The van der Waals surface area contributed by atoms with Crippen LogP contribution in [0.15, 0.2) is 53.9 Å². The molecule has 0 radical (unpaired) electrons. The van der Waals surface area contributed by atoms with Crippen molar-refractivity contribution in [2.24, 2.45) is 11.0 Å². The molecule has 0 spiro atoms. The van der Waals surface area contributed by atoms with E-state index >= 15 is 0 Å². The van der Waals surface area contributed by atoms with Crippen molar-refractivity contribution < 1.29 is 14.3 Å². The van der Waals surface area contributed by atoms with E-state index in [0.717, 1.165) is 27.9 Å². The van der Waals surface area contributed by atoms with Gasteiger partial charge in [-0.1, -0.05) is 19.9 Å². The largest absolute Gasteiger partial charge is 0.497 e. The maximum atomic E-state index is 13.0. The third kappa shape index (κ3) is 3.70. The van der Waals surface area contributed by atoms with E-state index in [1.165, 1.54) is 0 Å². The predicted octanol–water partition coefficient (Wildman–Crippen LogP) is 3.98. The van der Waals surface area contributed by atoms with E-state index in [9.17, 15) is 4.79 Å². The highest BCUT2D eigenvalue weighted by Gasteiger charge is 2.34. The topological polar surface area (TPSA) is 76.9 Å². The zero-order valence-electron chi connectivity index (χ0n) is 17.5. The number of aromatic nitrogens is 2. The number of benzene rings is 2. The van der Waals surface area contributed by atoms with Crippen molar-refractivity contribution in [3.63, 3.8) is 0 Å². The van der Waals surface area contributed by atoms with Gasteiger partial charge in [-0.2, -0.15) is 5.10 Å². The second-order valence-corrected chi connectivity index (χ2v) is 7.51. The van der Waals surface area contributed by atoms with Gasteiger partial charge in [-0.05, 0) is 29.8 Å². The molecule has 4 rings (SSSR count). The Labute approximate surface area is 175 Å². The van der Waals surface area contributed by atoms with Crippen LogP contribution < -0.4 is 9.47 Å². The zero-order chi connectivity index (χ0) is 21.3. The highest BCUT2D eigenvalue weighted by molar-refractivity contribution is 6.04. The molecule has 7 nitrogen and oxygen atoms in total. The Morgan fingerprint density at radius 1 is 1.00 bits per heavy atom. The number of hydrazone groups is 1. The number of rotatable bonds is 5. The van der Waals surface area contributed by atoms with Crippen molar-refractivity contribution >= 4 is 22.7 Å². The van der Waals surface area contributed by atoms with E-state index in [1.807, 2.05) is 50.2 Å². The van der Waals surface area contributed by atoms with Crippen molar-refractivity contribution in [2.45, 2.75) is 26.3 Å². The Kier molecular flexibility index (Phi) is 5.35. The quantitative estimate of drug-likeness (QED) is 0.643. The molecule has 1 aromatic heterocycles. The van der Waals surface area contributed by atoms with Gasteiger partial charge < -0.3 is 9.47 Å². The minimum atomic E-state index is -0.210. The van der Waals surface area contributed by atoms with Crippen molar-refractivity contribution in [3.8, 4) is 11.5 Å². The summed E-state index contributed by atoms with van der Waals surface area (Å²) < 4.78 is 10.8. The number of amides is 1. The number of methoxy groups -OCH3 is 2. The molecule has 2 heterocycles. The minimum absolute atomic E-state index is 0.0240. The van der Waals surface area contributed by atoms with Crippen molar-refractivity contribution in [1.82, 2.24) is 15.0 Å². The summed E-state index contributed by atoms with van der Waals surface area (Å²) in [5.74, 6) is 1.16. The fourth-order valence-electron chi connectivity index (χ4n) is 3.57. The van der Waals surface area contributed by atoms with Gasteiger partial charge >= 0.3 is 0 Å². The third-order valence-corrected chi connectivity index (χ3v) is 5.19. The van der Waals surface area contributed by atoms with Crippen LogP contribution in [0.25, 0.3) is 11.0 Å². The fraction of sp³-hybridized carbons (Fsp3) is 0.304. The molecule has 2 aromatic carbocycles. The number of ether oxygens (including phenoxy) is 2. The summed E-state index contributed by atoms with van der Waals surface area (Å²) in [5.41, 5.74) is 4.27. The van der Waals surface area contributed by atoms with Crippen LogP contribution in [0, 0.1) is 5.92 Å². The fourth-order valence-corrected chi connectivity index (χ4v) is 3.57. The van der Waals surface area contributed by atoms with E-state index in [0.29, 0.717) is 17.9 Å². The molecule has 1 amide bonds. The lowest BCUT2D eigenvalue weighted by atomic mass is 9.97. The molecule has 3 aromatic rings. The summed E-state index contributed by atoms with van der Waals surface area (Å²) in [5, 5.41) is 6.32. The normalized spacial score (nSPS) is 16.1. The number of hydrogen-bond acceptors (Lipinski definition) is 6. The SMILES string of the molecule is COc1cc(OC)cc(C2=NN(C(=O)C(C)C)C(c3ccc4nccnc4c3)C2)c1. The second kappa shape index (κ2) is 8.10. The zero-order valence-corrected chi connectivity index (χ0v) is 17.5. The summed E-state index contributed by atoms with van der Waals surface area (Å²) in [6.45, 7) is 3.76. The molecule has 0 N–H and O–H groups in total. The van der Waals surface area contributed by atoms with Gasteiger partial charge in [0, 0.05) is 36.4 Å². The Morgan fingerprint density at radius 3 is 2.30 bits per heavy atom. The summed E-state index contributed by atoms with van der Waals surface area (Å²) in [4.78, 5) is 21.7. The molecule has 1 atom stereocenters. The first-order valence-corrected chi connectivity index (χ1v) is 9.85. The number of fused-ring (bicyclic) bond motifs is 1. The molecule has 30 heavy (non-hydrogen) atoms. The molecule has 1 aliphatic rings. The average molecular weight is 404 g/mol. The monoisotopic (exact) mass is 404 g/mol. The number of hydrogen-bond donors (Lipinski definition) is 0. The van der Waals surface area contributed by atoms with Gasteiger partial charge in [0.05, 0.1) is 37.0 Å². The molecular weight excluding hydrogens is 380 g/mol. The van der Waals surface area contributed by atoms with Crippen LogP contribution in [0.2, 0.25) is 0 Å². The number of carbonyl (C=O) groups excluding carboxylic acids is 1. The van der Waals surface area contributed by atoms with E-state index in [4.69, 9.17) is 14.6 Å². The Hall–Kier alpha value is -3.48. The molecule has 154 valence electrons. The van der Waals surface area contributed by atoms with Gasteiger partial charge in [0.25, 0.3) is 0 Å². The van der Waals surface area contributed by atoms with Gasteiger partial charge in [0.2, 0.25) is 5.91 Å². The maximum Gasteiger partial charge on any atom is 0.245 e. The Bertz CT molecular complexity index is 1100. The first-order valence-electron chi connectivity index (χ1n) is 9.85. The van der Waals surface area contributed by atoms with Gasteiger partial charge in [-0.15, -0.1) is 0 Å². The summed E-state index contributed by atoms with van der Waals surface area (Å²) in [7, 11) is 3.23. The molecule has 0 saturated carbocycles. The van der Waals surface area contributed by atoms with Crippen LogP contribution in [0.3, 0.4) is 0 Å². The standard InChI is InChI=1S/C23H24N4O3/c1-14(2)23(28)27-22(15-5-6-19-21(11-15)25-8-7-24-19)13-20(26-27)16-9-17(29-3)12-18(10-16)30-4/h5-12,14,22H,13H2,1-4H3. The maximum absolute atomic E-state index is 13.0. The van der Waals surface area contributed by atoms with Crippen LogP contribution >= 0.6 is 0 Å². The van der Waals surface area contributed by atoms with E-state index in [1.54, 1.807) is 31.6 Å². The Balaban J connectivity index is 1.75. The highest BCUT2D eigenvalue weighted by atomic mass is 16.5. The molecule has 0 saturated heterocycles. The minimum Gasteiger partial charge on any atom is -0.497 e. The van der Waals surface area contributed by atoms with Crippen LogP contribution in [-0.2, 0) is 4.79 Å². The first-order chi connectivity index (χ1) is 14.5. The molecule has 0 bridgehead atoms. The van der Waals surface area contributed by atoms with Gasteiger partial charge in [0.1, 0.15) is 11.5 Å². The first kappa shape index (κ1) is 19.8. The number of nitrogens with zero attached hydrogens (tertiary/aromatic N) is 4. The number of carbonyl (C=O) groups is 1. The molecular formula is C23H24N4O3. The summed E-state index contributed by atoms with van der Waals surface area (Å²) in [6.07, 6.45) is 3.92. The van der Waals surface area contributed by atoms with Crippen LogP contribution in [0.1, 0.15) is 37.4 Å². The Morgan fingerprint density at radius 2 is 1.67 bits per heavy atom. The van der Waals surface area contributed by atoms with Gasteiger partial charge in [-0.25, -0.2) is 5.01 Å². The van der Waals surface area contributed by atoms with E-state index < -0.39 is 0 Å². The lowest BCUT2D eigenvalue weighted by Crippen LogP contribution is -2.30. The summed E-state index contributed by atoms with van der Waals surface area (Å²) in [6, 6.07) is 11.3. The third-order valence-electron chi connectivity index (χ3n) is 5.19. The average Bonchev–Trinajstić information content (AvgIpc) is 3.23. The predicted molar refractivity (Wildman–Crippen MR) is 115 cm³/mol. The highest BCUT2D eigenvalue weighted by Crippen LogP contribution is 2.36. The van der Waals surface area contributed by atoms with Crippen molar-refractivity contribution in [3.05, 3.63) is 59.9 Å². The summed E-state index contributed by atoms with van der Waals surface area (Å²) >= 11 is 0. The molecule has 7 heteroatoms. The molecule has 1 unspecified atom stereocenters. The molecule has 0 aliphatic carbocycles. The second-order valence-electron chi connectivity index (χ2n) is 7.51. The molecule has 0 fully saturated rings. The van der Waals surface area contributed by atoms with Crippen LogP contribution in [0.4, 0.5) is 0 Å².